The first-order valence-electron chi connectivity index (χ1n) is 4.36. The molecular formula is C11H10BrNO. The third-order valence-electron chi connectivity index (χ3n) is 2.12. The van der Waals surface area contributed by atoms with Gasteiger partial charge in [-0.25, -0.2) is 0 Å². The molecule has 3 heteroatoms. The smallest absolute Gasteiger partial charge is 0.0844 e. The summed E-state index contributed by atoms with van der Waals surface area (Å²) in [5.74, 6) is 0. The first kappa shape index (κ1) is 9.62. The van der Waals surface area contributed by atoms with Crippen LogP contribution in [-0.4, -0.2) is 10.1 Å². The van der Waals surface area contributed by atoms with Gasteiger partial charge in [-0.05, 0) is 52.2 Å². The Morgan fingerprint density at radius 1 is 1.36 bits per heavy atom. The number of pyridine rings is 1. The number of benzene rings is 1. The Morgan fingerprint density at radius 2 is 2.14 bits per heavy atom. The zero-order valence-corrected chi connectivity index (χ0v) is 9.37. The maximum absolute atomic E-state index is 8.98. The second-order valence-electron chi connectivity index (χ2n) is 3.32. The summed E-state index contributed by atoms with van der Waals surface area (Å²) in [7, 11) is 0. The van der Waals surface area contributed by atoms with Crippen molar-refractivity contribution in [3.63, 3.8) is 0 Å². The van der Waals surface area contributed by atoms with Crippen LogP contribution in [0.25, 0.3) is 10.9 Å². The SMILES string of the molecule is Cc1cc(Br)c2ncc(CO)cc2c1. The normalized spacial score (nSPS) is 10.8. The van der Waals surface area contributed by atoms with Crippen molar-refractivity contribution in [1.29, 1.82) is 0 Å². The summed E-state index contributed by atoms with van der Waals surface area (Å²) in [4.78, 5) is 4.29. The Balaban J connectivity index is 2.75. The fourth-order valence-electron chi connectivity index (χ4n) is 1.48. The Bertz CT molecular complexity index is 482. The van der Waals surface area contributed by atoms with E-state index in [9.17, 15) is 0 Å². The quantitative estimate of drug-likeness (QED) is 0.846. The predicted molar refractivity (Wildman–Crippen MR) is 60.1 cm³/mol. The molecule has 0 atom stereocenters. The van der Waals surface area contributed by atoms with Gasteiger partial charge in [0, 0.05) is 16.1 Å². The molecule has 1 N–H and O–H groups in total. The van der Waals surface area contributed by atoms with E-state index in [0.29, 0.717) is 0 Å². The number of aryl methyl sites for hydroxylation is 1. The number of hydrogen-bond donors (Lipinski definition) is 1. The lowest BCUT2D eigenvalue weighted by atomic mass is 10.1. The molecule has 2 nitrogen and oxygen atoms in total. The van der Waals surface area contributed by atoms with Gasteiger partial charge in [0.2, 0.25) is 0 Å². The van der Waals surface area contributed by atoms with E-state index in [1.54, 1.807) is 6.20 Å². The number of halogens is 1. The zero-order valence-electron chi connectivity index (χ0n) is 7.79. The van der Waals surface area contributed by atoms with Crippen LogP contribution in [0, 0.1) is 6.92 Å². The highest BCUT2D eigenvalue weighted by Gasteiger charge is 2.02. The Hall–Kier alpha value is -0.930. The number of hydrogen-bond acceptors (Lipinski definition) is 2. The topological polar surface area (TPSA) is 33.1 Å². The van der Waals surface area contributed by atoms with Gasteiger partial charge in [0.25, 0.3) is 0 Å². The van der Waals surface area contributed by atoms with Gasteiger partial charge in [0.1, 0.15) is 0 Å². The largest absolute Gasteiger partial charge is 0.392 e. The number of rotatable bonds is 1. The van der Waals surface area contributed by atoms with Crippen molar-refractivity contribution in [2.45, 2.75) is 13.5 Å². The summed E-state index contributed by atoms with van der Waals surface area (Å²) in [6.07, 6.45) is 1.70. The summed E-state index contributed by atoms with van der Waals surface area (Å²) < 4.78 is 0.997. The van der Waals surface area contributed by atoms with E-state index in [1.165, 1.54) is 5.56 Å². The van der Waals surface area contributed by atoms with Crippen molar-refractivity contribution in [3.05, 3.63) is 40.0 Å². The van der Waals surface area contributed by atoms with Crippen molar-refractivity contribution in [2.24, 2.45) is 0 Å². The maximum Gasteiger partial charge on any atom is 0.0844 e. The molecule has 72 valence electrons. The summed E-state index contributed by atoms with van der Waals surface area (Å²) in [6, 6.07) is 6.06. The van der Waals surface area contributed by atoms with Crippen LogP contribution in [0.1, 0.15) is 11.1 Å². The molecule has 0 saturated heterocycles. The summed E-state index contributed by atoms with van der Waals surface area (Å²) >= 11 is 3.47. The van der Waals surface area contributed by atoms with E-state index in [4.69, 9.17) is 5.11 Å². The molecule has 2 aromatic rings. The van der Waals surface area contributed by atoms with Gasteiger partial charge in [-0.3, -0.25) is 4.98 Å². The summed E-state index contributed by atoms with van der Waals surface area (Å²) in [6.45, 7) is 2.07. The van der Waals surface area contributed by atoms with Gasteiger partial charge in [-0.2, -0.15) is 0 Å². The average molecular weight is 252 g/mol. The minimum atomic E-state index is 0.0362. The summed E-state index contributed by atoms with van der Waals surface area (Å²) in [5.41, 5.74) is 2.96. The van der Waals surface area contributed by atoms with Crippen molar-refractivity contribution in [2.75, 3.05) is 0 Å². The molecule has 1 aromatic heterocycles. The van der Waals surface area contributed by atoms with E-state index in [-0.39, 0.29) is 6.61 Å². The van der Waals surface area contributed by atoms with Crippen molar-refractivity contribution in [3.8, 4) is 0 Å². The molecule has 0 aliphatic rings. The average Bonchev–Trinajstić information content (AvgIpc) is 2.16. The van der Waals surface area contributed by atoms with Crippen LogP contribution >= 0.6 is 15.9 Å². The molecule has 0 aliphatic carbocycles. The van der Waals surface area contributed by atoms with E-state index >= 15 is 0 Å². The number of aliphatic hydroxyl groups is 1. The molecule has 1 aromatic carbocycles. The third-order valence-corrected chi connectivity index (χ3v) is 2.72. The highest BCUT2D eigenvalue weighted by Crippen LogP contribution is 2.24. The number of fused-ring (bicyclic) bond motifs is 1. The molecule has 0 fully saturated rings. The lowest BCUT2D eigenvalue weighted by Crippen LogP contribution is -1.88. The van der Waals surface area contributed by atoms with Gasteiger partial charge in [0.15, 0.2) is 0 Å². The van der Waals surface area contributed by atoms with Crippen LogP contribution in [0.15, 0.2) is 28.9 Å². The first-order valence-corrected chi connectivity index (χ1v) is 5.15. The zero-order chi connectivity index (χ0) is 10.1. The molecular weight excluding hydrogens is 242 g/mol. The van der Waals surface area contributed by atoms with Crippen LogP contribution in [-0.2, 0) is 6.61 Å². The molecule has 0 unspecified atom stereocenters. The fourth-order valence-corrected chi connectivity index (χ4v) is 2.17. The lowest BCUT2D eigenvalue weighted by molar-refractivity contribution is 0.281. The molecule has 0 bridgehead atoms. The standard InChI is InChI=1S/C11H10BrNO/c1-7-2-9-4-8(6-14)5-13-11(9)10(12)3-7/h2-5,14H,6H2,1H3. The monoisotopic (exact) mass is 251 g/mol. The van der Waals surface area contributed by atoms with Gasteiger partial charge < -0.3 is 5.11 Å². The van der Waals surface area contributed by atoms with Crippen molar-refractivity contribution in [1.82, 2.24) is 4.98 Å². The van der Waals surface area contributed by atoms with Gasteiger partial charge in [0.05, 0.1) is 12.1 Å². The maximum atomic E-state index is 8.98. The van der Waals surface area contributed by atoms with Crippen molar-refractivity contribution < 1.29 is 5.11 Å². The Morgan fingerprint density at radius 3 is 2.86 bits per heavy atom. The van der Waals surface area contributed by atoms with Gasteiger partial charge >= 0.3 is 0 Å². The van der Waals surface area contributed by atoms with Crippen LogP contribution < -0.4 is 0 Å². The highest BCUT2D eigenvalue weighted by atomic mass is 79.9. The van der Waals surface area contributed by atoms with Gasteiger partial charge in [-0.1, -0.05) is 0 Å². The molecule has 1 heterocycles. The lowest BCUT2D eigenvalue weighted by Gasteiger charge is -2.03. The van der Waals surface area contributed by atoms with E-state index in [1.807, 2.05) is 19.1 Å². The molecule has 0 saturated carbocycles. The fraction of sp³-hybridized carbons (Fsp3) is 0.182. The minimum absolute atomic E-state index is 0.0362. The first-order chi connectivity index (χ1) is 6.70. The van der Waals surface area contributed by atoms with Crippen LogP contribution in [0.3, 0.4) is 0 Å². The van der Waals surface area contributed by atoms with Crippen LogP contribution in [0.5, 0.6) is 0 Å². The second-order valence-corrected chi connectivity index (χ2v) is 4.17. The molecule has 0 amide bonds. The van der Waals surface area contributed by atoms with E-state index in [2.05, 4.69) is 27.0 Å². The minimum Gasteiger partial charge on any atom is -0.392 e. The Kier molecular flexibility index (Phi) is 2.52. The molecule has 0 aliphatic heterocycles. The summed E-state index contributed by atoms with van der Waals surface area (Å²) in [5, 5.41) is 10.0. The molecule has 14 heavy (non-hydrogen) atoms. The second kappa shape index (κ2) is 3.67. The van der Waals surface area contributed by atoms with Crippen molar-refractivity contribution >= 4 is 26.8 Å². The van der Waals surface area contributed by atoms with Crippen LogP contribution in [0.4, 0.5) is 0 Å². The van der Waals surface area contributed by atoms with Gasteiger partial charge in [-0.15, -0.1) is 0 Å². The van der Waals surface area contributed by atoms with E-state index < -0.39 is 0 Å². The Labute approximate surface area is 90.7 Å². The van der Waals surface area contributed by atoms with Crippen LogP contribution in [0.2, 0.25) is 0 Å². The molecule has 2 rings (SSSR count). The number of aliphatic hydroxyl groups excluding tert-OH is 1. The highest BCUT2D eigenvalue weighted by molar-refractivity contribution is 9.10. The number of aromatic nitrogens is 1. The predicted octanol–water partition coefficient (Wildman–Crippen LogP) is 2.80. The molecule has 0 spiro atoms. The number of nitrogens with zero attached hydrogens (tertiary/aromatic N) is 1. The molecule has 0 radical (unpaired) electrons. The third kappa shape index (κ3) is 1.65. The van der Waals surface area contributed by atoms with E-state index in [0.717, 1.165) is 20.9 Å².